The Bertz CT molecular complexity index is 413. The smallest absolute Gasteiger partial charge is 0.161 e. The zero-order chi connectivity index (χ0) is 15.7. The molecule has 3 N–H and O–H groups in total. The zero-order valence-electron chi connectivity index (χ0n) is 13.3. The Morgan fingerprint density at radius 2 is 2.10 bits per heavy atom. The fourth-order valence-electron chi connectivity index (χ4n) is 2.22. The van der Waals surface area contributed by atoms with Crippen LogP contribution in [-0.4, -0.2) is 50.5 Å². The lowest BCUT2D eigenvalue weighted by Gasteiger charge is -2.27. The highest BCUT2D eigenvalue weighted by Gasteiger charge is 2.17. The molecule has 1 unspecified atom stereocenters. The van der Waals surface area contributed by atoms with Gasteiger partial charge >= 0.3 is 0 Å². The van der Waals surface area contributed by atoms with Crippen molar-refractivity contribution in [2.75, 3.05) is 40.5 Å². The number of rotatable bonds is 10. The summed E-state index contributed by atoms with van der Waals surface area (Å²) in [7, 11) is 3.59. The van der Waals surface area contributed by atoms with E-state index in [-0.39, 0.29) is 12.6 Å². The summed E-state index contributed by atoms with van der Waals surface area (Å²) < 4.78 is 11.2. The molecule has 1 atom stereocenters. The second-order valence-electron chi connectivity index (χ2n) is 5.07. The van der Waals surface area contributed by atoms with E-state index in [9.17, 15) is 0 Å². The molecule has 1 aromatic carbocycles. The lowest BCUT2D eigenvalue weighted by molar-refractivity contribution is 0.183. The van der Waals surface area contributed by atoms with Crippen LogP contribution in [-0.2, 0) is 0 Å². The summed E-state index contributed by atoms with van der Waals surface area (Å²) in [4.78, 5) is 2.04. The SMILES string of the molecule is CCCCOc1cc(C(CN)N(C)CCO)ccc1OC. The van der Waals surface area contributed by atoms with Crippen molar-refractivity contribution in [3.63, 3.8) is 0 Å². The minimum absolute atomic E-state index is 0.0524. The number of aliphatic hydroxyl groups is 1. The van der Waals surface area contributed by atoms with Gasteiger partial charge in [0.15, 0.2) is 11.5 Å². The largest absolute Gasteiger partial charge is 0.493 e. The topological polar surface area (TPSA) is 68.0 Å². The van der Waals surface area contributed by atoms with Crippen molar-refractivity contribution in [3.05, 3.63) is 23.8 Å². The monoisotopic (exact) mass is 296 g/mol. The van der Waals surface area contributed by atoms with Crippen molar-refractivity contribution < 1.29 is 14.6 Å². The summed E-state index contributed by atoms with van der Waals surface area (Å²) in [5, 5.41) is 9.08. The van der Waals surface area contributed by atoms with E-state index in [1.165, 1.54) is 0 Å². The third-order valence-electron chi connectivity index (χ3n) is 3.54. The van der Waals surface area contributed by atoms with Crippen molar-refractivity contribution >= 4 is 0 Å². The van der Waals surface area contributed by atoms with Crippen LogP contribution in [0.3, 0.4) is 0 Å². The first-order valence-electron chi connectivity index (χ1n) is 7.49. The molecule has 0 saturated carbocycles. The number of likely N-dealkylation sites (N-methyl/N-ethyl adjacent to an activating group) is 1. The van der Waals surface area contributed by atoms with Gasteiger partial charge in [0.2, 0.25) is 0 Å². The number of benzene rings is 1. The number of nitrogens with zero attached hydrogens (tertiary/aromatic N) is 1. The van der Waals surface area contributed by atoms with Gasteiger partial charge in [-0.15, -0.1) is 0 Å². The zero-order valence-corrected chi connectivity index (χ0v) is 13.3. The number of methoxy groups -OCH3 is 1. The molecule has 0 spiro atoms. The molecule has 120 valence electrons. The van der Waals surface area contributed by atoms with E-state index in [1.54, 1.807) is 7.11 Å². The van der Waals surface area contributed by atoms with Crippen LogP contribution >= 0.6 is 0 Å². The summed E-state index contributed by atoms with van der Waals surface area (Å²) >= 11 is 0. The Kier molecular flexibility index (Phi) is 8.12. The first-order chi connectivity index (χ1) is 10.2. The van der Waals surface area contributed by atoms with Gasteiger partial charge in [-0.1, -0.05) is 19.4 Å². The van der Waals surface area contributed by atoms with Crippen LogP contribution in [0.1, 0.15) is 31.4 Å². The van der Waals surface area contributed by atoms with Crippen LogP contribution in [0.2, 0.25) is 0 Å². The van der Waals surface area contributed by atoms with Crippen molar-refractivity contribution in [3.8, 4) is 11.5 Å². The second-order valence-corrected chi connectivity index (χ2v) is 5.07. The van der Waals surface area contributed by atoms with Crippen LogP contribution in [0.4, 0.5) is 0 Å². The minimum Gasteiger partial charge on any atom is -0.493 e. The average Bonchev–Trinajstić information content (AvgIpc) is 2.49. The molecule has 0 amide bonds. The van der Waals surface area contributed by atoms with Gasteiger partial charge in [0, 0.05) is 19.1 Å². The van der Waals surface area contributed by atoms with Gasteiger partial charge in [0.25, 0.3) is 0 Å². The average molecular weight is 296 g/mol. The molecule has 0 fully saturated rings. The molecule has 0 aromatic heterocycles. The van der Waals surface area contributed by atoms with E-state index in [4.69, 9.17) is 20.3 Å². The molecule has 0 heterocycles. The van der Waals surface area contributed by atoms with Gasteiger partial charge in [-0.25, -0.2) is 0 Å². The fourth-order valence-corrected chi connectivity index (χ4v) is 2.22. The quantitative estimate of drug-likeness (QED) is 0.644. The Morgan fingerprint density at radius 3 is 2.67 bits per heavy atom. The van der Waals surface area contributed by atoms with Gasteiger partial charge in [-0.3, -0.25) is 4.90 Å². The van der Waals surface area contributed by atoms with E-state index < -0.39 is 0 Å². The molecule has 5 heteroatoms. The molecule has 0 aliphatic carbocycles. The van der Waals surface area contributed by atoms with E-state index in [0.29, 0.717) is 19.7 Å². The lowest BCUT2D eigenvalue weighted by Crippen LogP contribution is -2.32. The number of ether oxygens (including phenoxy) is 2. The van der Waals surface area contributed by atoms with Crippen LogP contribution in [0.15, 0.2) is 18.2 Å². The minimum atomic E-state index is 0.0524. The van der Waals surface area contributed by atoms with Crippen LogP contribution in [0, 0.1) is 0 Å². The summed E-state index contributed by atoms with van der Waals surface area (Å²) in [5.74, 6) is 1.48. The van der Waals surface area contributed by atoms with Gasteiger partial charge in [0.05, 0.1) is 20.3 Å². The van der Waals surface area contributed by atoms with Gasteiger partial charge < -0.3 is 20.3 Å². The highest BCUT2D eigenvalue weighted by molar-refractivity contribution is 5.44. The summed E-state index contributed by atoms with van der Waals surface area (Å²) in [6.07, 6.45) is 2.10. The molecular formula is C16H28N2O3. The second kappa shape index (κ2) is 9.60. The third kappa shape index (κ3) is 5.19. The standard InChI is InChI=1S/C16H28N2O3/c1-4-5-10-21-16-11-13(6-7-15(16)20-3)14(12-17)18(2)8-9-19/h6-7,11,14,19H,4-5,8-10,12,17H2,1-3H3. The normalized spacial score (nSPS) is 12.5. The lowest BCUT2D eigenvalue weighted by atomic mass is 10.0. The Morgan fingerprint density at radius 1 is 1.33 bits per heavy atom. The number of hydrogen-bond acceptors (Lipinski definition) is 5. The highest BCUT2D eigenvalue weighted by Crippen LogP contribution is 2.31. The predicted molar refractivity (Wildman–Crippen MR) is 84.9 cm³/mol. The molecule has 0 radical (unpaired) electrons. The first kappa shape index (κ1) is 17.8. The Balaban J connectivity index is 2.93. The van der Waals surface area contributed by atoms with Gasteiger partial charge in [0.1, 0.15) is 0 Å². The van der Waals surface area contributed by atoms with Crippen LogP contribution < -0.4 is 15.2 Å². The van der Waals surface area contributed by atoms with Crippen molar-refractivity contribution in [1.29, 1.82) is 0 Å². The molecule has 21 heavy (non-hydrogen) atoms. The maximum absolute atomic E-state index is 9.08. The Hall–Kier alpha value is -1.30. The highest BCUT2D eigenvalue weighted by atomic mass is 16.5. The molecule has 0 saturated heterocycles. The number of hydrogen-bond donors (Lipinski definition) is 2. The van der Waals surface area contributed by atoms with E-state index in [2.05, 4.69) is 6.92 Å². The number of nitrogens with two attached hydrogens (primary N) is 1. The van der Waals surface area contributed by atoms with Crippen LogP contribution in [0.25, 0.3) is 0 Å². The first-order valence-corrected chi connectivity index (χ1v) is 7.49. The molecule has 5 nitrogen and oxygen atoms in total. The number of aliphatic hydroxyl groups excluding tert-OH is 1. The van der Waals surface area contributed by atoms with Gasteiger partial charge in [-0.2, -0.15) is 0 Å². The number of unbranched alkanes of at least 4 members (excludes halogenated alkanes) is 1. The van der Waals surface area contributed by atoms with Crippen molar-refractivity contribution in [1.82, 2.24) is 4.90 Å². The van der Waals surface area contributed by atoms with E-state index >= 15 is 0 Å². The molecule has 1 rings (SSSR count). The predicted octanol–water partition coefficient (Wildman–Crippen LogP) is 1.80. The van der Waals surface area contributed by atoms with Crippen molar-refractivity contribution in [2.45, 2.75) is 25.8 Å². The fraction of sp³-hybridized carbons (Fsp3) is 0.625. The Labute approximate surface area is 127 Å². The maximum Gasteiger partial charge on any atom is 0.161 e. The molecular weight excluding hydrogens is 268 g/mol. The molecule has 0 bridgehead atoms. The van der Waals surface area contributed by atoms with Crippen LogP contribution in [0.5, 0.6) is 11.5 Å². The third-order valence-corrected chi connectivity index (χ3v) is 3.54. The maximum atomic E-state index is 9.08. The molecule has 0 aliphatic rings. The van der Waals surface area contributed by atoms with Crippen molar-refractivity contribution in [2.24, 2.45) is 5.73 Å². The summed E-state index contributed by atoms with van der Waals surface area (Å²) in [6, 6.07) is 5.94. The van der Waals surface area contributed by atoms with Gasteiger partial charge in [-0.05, 0) is 31.2 Å². The molecule has 1 aromatic rings. The molecule has 0 aliphatic heterocycles. The van der Waals surface area contributed by atoms with E-state index in [0.717, 1.165) is 29.9 Å². The van der Waals surface area contributed by atoms with E-state index in [1.807, 2.05) is 30.1 Å². The summed E-state index contributed by atoms with van der Waals surface area (Å²) in [5.41, 5.74) is 6.95. The summed E-state index contributed by atoms with van der Waals surface area (Å²) in [6.45, 7) is 3.99.